The number of carbonyl (C=O) groups excluding carboxylic acids is 1. The maximum Gasteiger partial charge on any atom is 0.264 e. The van der Waals surface area contributed by atoms with E-state index in [0.717, 1.165) is 16.8 Å². The molecule has 3 nitrogen and oxygen atoms in total. The van der Waals surface area contributed by atoms with Crippen LogP contribution in [0.4, 0.5) is 5.69 Å². The summed E-state index contributed by atoms with van der Waals surface area (Å²) in [5.41, 5.74) is 2.42. The molecule has 0 bridgehead atoms. The largest absolute Gasteiger partial charge is 0.300 e. The van der Waals surface area contributed by atoms with E-state index in [1.165, 1.54) is 11.8 Å². The van der Waals surface area contributed by atoms with Crippen molar-refractivity contribution in [3.8, 4) is 0 Å². The smallest absolute Gasteiger partial charge is 0.264 e. The Labute approximate surface area is 158 Å². The molecule has 0 unspecified atom stereocenters. The molecule has 1 saturated heterocycles. The highest BCUT2D eigenvalue weighted by atomic mass is 35.5. The minimum Gasteiger partial charge on any atom is -0.300 e. The van der Waals surface area contributed by atoms with Gasteiger partial charge in [0.1, 0.15) is 0 Å². The quantitative estimate of drug-likeness (QED) is 0.646. The summed E-state index contributed by atoms with van der Waals surface area (Å²) < 4.78 is 0. The van der Waals surface area contributed by atoms with E-state index in [2.05, 4.69) is 10.3 Å². The number of hydrogen-bond acceptors (Lipinski definition) is 3. The minimum absolute atomic E-state index is 0.212. The predicted octanol–water partition coefficient (Wildman–Crippen LogP) is 5.85. The zero-order chi connectivity index (χ0) is 17.3. The van der Waals surface area contributed by atoms with Crippen LogP contribution in [0.2, 0.25) is 15.1 Å². The summed E-state index contributed by atoms with van der Waals surface area (Å²) in [6, 6.07) is 10.5. The molecule has 1 aliphatic heterocycles. The molecule has 1 amide bonds. The number of rotatable bonds is 2. The minimum atomic E-state index is -0.212. The molecule has 1 fully saturated rings. The molecule has 2 aromatic carbocycles. The second-order valence-electron chi connectivity index (χ2n) is 5.08. The number of carbonyl (C=O) groups is 1. The Kier molecular flexibility index (Phi) is 5.21. The molecule has 3 rings (SSSR count). The highest BCUT2D eigenvalue weighted by molar-refractivity contribution is 8.18. The first-order chi connectivity index (χ1) is 11.4. The fraction of sp³-hybridized carbons (Fsp3) is 0.0588. The van der Waals surface area contributed by atoms with Gasteiger partial charge in [0.15, 0.2) is 5.17 Å². The lowest BCUT2D eigenvalue weighted by molar-refractivity contribution is -0.115. The van der Waals surface area contributed by atoms with Crippen molar-refractivity contribution in [3.63, 3.8) is 0 Å². The first-order valence-electron chi connectivity index (χ1n) is 6.93. The number of halogens is 3. The van der Waals surface area contributed by atoms with Crippen molar-refractivity contribution in [2.45, 2.75) is 6.92 Å². The second kappa shape index (κ2) is 7.19. The summed E-state index contributed by atoms with van der Waals surface area (Å²) in [7, 11) is 0. The molecule has 1 heterocycles. The molecule has 0 aliphatic carbocycles. The number of thioether (sulfide) groups is 1. The van der Waals surface area contributed by atoms with Crippen molar-refractivity contribution in [2.75, 3.05) is 0 Å². The number of nitrogens with zero attached hydrogens (tertiary/aromatic N) is 1. The van der Waals surface area contributed by atoms with Crippen LogP contribution in [0.1, 0.15) is 11.1 Å². The normalized spacial score (nSPS) is 17.6. The predicted molar refractivity (Wildman–Crippen MR) is 103 cm³/mol. The van der Waals surface area contributed by atoms with Gasteiger partial charge in [-0.15, -0.1) is 0 Å². The third-order valence-corrected chi connectivity index (χ3v) is 4.99. The van der Waals surface area contributed by atoms with Gasteiger partial charge < -0.3 is 5.32 Å². The van der Waals surface area contributed by atoms with E-state index >= 15 is 0 Å². The number of nitrogens with one attached hydrogen (secondary N) is 1. The highest BCUT2D eigenvalue weighted by Crippen LogP contribution is 2.31. The first kappa shape index (κ1) is 17.4. The Morgan fingerprint density at radius 3 is 2.50 bits per heavy atom. The van der Waals surface area contributed by atoms with Gasteiger partial charge in [-0.3, -0.25) is 4.79 Å². The summed E-state index contributed by atoms with van der Waals surface area (Å²) >= 11 is 19.2. The Morgan fingerprint density at radius 2 is 1.79 bits per heavy atom. The number of amides is 1. The number of aryl methyl sites for hydroxylation is 1. The lowest BCUT2D eigenvalue weighted by Gasteiger charge is -2.01. The van der Waals surface area contributed by atoms with Crippen molar-refractivity contribution in [1.82, 2.24) is 5.32 Å². The lowest BCUT2D eigenvalue weighted by Crippen LogP contribution is -2.19. The van der Waals surface area contributed by atoms with Crippen LogP contribution in [0, 0.1) is 6.92 Å². The van der Waals surface area contributed by atoms with Gasteiger partial charge in [0.25, 0.3) is 5.91 Å². The SMILES string of the molecule is Cc1cc(Cl)ccc1N=C1NC(=O)/C(=C/c2ccc(Cl)cc2Cl)S1. The van der Waals surface area contributed by atoms with Gasteiger partial charge in [0.2, 0.25) is 0 Å². The second-order valence-corrected chi connectivity index (χ2v) is 7.39. The van der Waals surface area contributed by atoms with Gasteiger partial charge in [-0.25, -0.2) is 4.99 Å². The number of amidine groups is 1. The van der Waals surface area contributed by atoms with Crippen molar-refractivity contribution in [3.05, 3.63) is 67.5 Å². The van der Waals surface area contributed by atoms with E-state index < -0.39 is 0 Å². The Hall–Kier alpha value is -1.46. The molecule has 0 spiro atoms. The molecule has 24 heavy (non-hydrogen) atoms. The molecule has 0 saturated carbocycles. The monoisotopic (exact) mass is 396 g/mol. The molecule has 1 N–H and O–H groups in total. The van der Waals surface area contributed by atoms with E-state index in [4.69, 9.17) is 34.8 Å². The van der Waals surface area contributed by atoms with E-state index in [-0.39, 0.29) is 5.91 Å². The van der Waals surface area contributed by atoms with Crippen LogP contribution in [-0.2, 0) is 4.79 Å². The van der Waals surface area contributed by atoms with Crippen LogP contribution < -0.4 is 5.32 Å². The summed E-state index contributed by atoms with van der Waals surface area (Å²) in [4.78, 5) is 17.1. The molecule has 0 aromatic heterocycles. The van der Waals surface area contributed by atoms with Gasteiger partial charge in [-0.1, -0.05) is 40.9 Å². The van der Waals surface area contributed by atoms with E-state index in [0.29, 0.717) is 25.1 Å². The fourth-order valence-electron chi connectivity index (χ4n) is 2.09. The number of benzene rings is 2. The van der Waals surface area contributed by atoms with E-state index in [9.17, 15) is 4.79 Å². The molecule has 7 heteroatoms. The van der Waals surface area contributed by atoms with Gasteiger partial charge >= 0.3 is 0 Å². The Balaban J connectivity index is 1.88. The topological polar surface area (TPSA) is 41.5 Å². The average Bonchev–Trinajstić information content (AvgIpc) is 2.85. The van der Waals surface area contributed by atoms with E-state index in [1.807, 2.05) is 19.1 Å². The molecule has 0 atom stereocenters. The Bertz CT molecular complexity index is 893. The van der Waals surface area contributed by atoms with Crippen LogP contribution in [0.5, 0.6) is 0 Å². The summed E-state index contributed by atoms with van der Waals surface area (Å²) in [6.45, 7) is 1.91. The van der Waals surface area contributed by atoms with Crippen LogP contribution in [0.25, 0.3) is 6.08 Å². The third-order valence-electron chi connectivity index (χ3n) is 3.28. The van der Waals surface area contributed by atoms with Gasteiger partial charge in [-0.05, 0) is 66.2 Å². The van der Waals surface area contributed by atoms with Crippen molar-refractivity contribution >= 4 is 69.4 Å². The van der Waals surface area contributed by atoms with Crippen molar-refractivity contribution < 1.29 is 4.79 Å². The Morgan fingerprint density at radius 1 is 1.08 bits per heavy atom. The maximum atomic E-state index is 12.1. The number of aliphatic imine (C=N–C) groups is 1. The standard InChI is InChI=1S/C17H11Cl3N2OS/c1-9-6-11(18)4-5-14(9)21-17-22-16(23)15(24-17)7-10-2-3-12(19)8-13(10)20/h2-8H,1H3,(H,21,22,23)/b15-7-. The summed E-state index contributed by atoms with van der Waals surface area (Å²) in [5.74, 6) is -0.212. The van der Waals surface area contributed by atoms with Gasteiger partial charge in [0, 0.05) is 15.1 Å². The van der Waals surface area contributed by atoms with Gasteiger partial charge in [0.05, 0.1) is 10.6 Å². The first-order valence-corrected chi connectivity index (χ1v) is 8.88. The third kappa shape index (κ3) is 3.95. The van der Waals surface area contributed by atoms with Crippen molar-refractivity contribution in [2.24, 2.45) is 4.99 Å². The fourth-order valence-corrected chi connectivity index (χ4v) is 3.61. The molecule has 2 aromatic rings. The maximum absolute atomic E-state index is 12.1. The zero-order valence-corrected chi connectivity index (χ0v) is 15.5. The molecule has 122 valence electrons. The van der Waals surface area contributed by atoms with Crippen LogP contribution >= 0.6 is 46.6 Å². The van der Waals surface area contributed by atoms with Crippen molar-refractivity contribution in [1.29, 1.82) is 0 Å². The molecule has 0 radical (unpaired) electrons. The zero-order valence-electron chi connectivity index (χ0n) is 12.4. The lowest BCUT2D eigenvalue weighted by atomic mass is 10.2. The summed E-state index contributed by atoms with van der Waals surface area (Å²) in [6.07, 6.45) is 1.72. The van der Waals surface area contributed by atoms with Crippen LogP contribution in [0.3, 0.4) is 0 Å². The van der Waals surface area contributed by atoms with Gasteiger partial charge in [-0.2, -0.15) is 0 Å². The summed E-state index contributed by atoms with van der Waals surface area (Å²) in [5, 5.41) is 4.95. The average molecular weight is 398 g/mol. The molecular weight excluding hydrogens is 387 g/mol. The van der Waals surface area contributed by atoms with Crippen LogP contribution in [0.15, 0.2) is 46.3 Å². The highest BCUT2D eigenvalue weighted by Gasteiger charge is 2.24. The van der Waals surface area contributed by atoms with E-state index in [1.54, 1.807) is 30.3 Å². The number of hydrogen-bond donors (Lipinski definition) is 1. The van der Waals surface area contributed by atoms with Crippen LogP contribution in [-0.4, -0.2) is 11.1 Å². The molecule has 1 aliphatic rings. The molecular formula is C17H11Cl3N2OS.